The summed E-state index contributed by atoms with van der Waals surface area (Å²) in [6.45, 7) is -0.296. The van der Waals surface area contributed by atoms with Crippen LogP contribution in [0.5, 0.6) is 5.75 Å². The summed E-state index contributed by atoms with van der Waals surface area (Å²) in [5.74, 6) is -3.59. The van der Waals surface area contributed by atoms with Gasteiger partial charge in [-0.1, -0.05) is 0 Å². The van der Waals surface area contributed by atoms with Gasteiger partial charge in [-0.3, -0.25) is 0 Å². The van der Waals surface area contributed by atoms with Gasteiger partial charge in [0.25, 0.3) is 0 Å². The smallest absolute Gasteiger partial charge is 0.338 e. The molecule has 0 aromatic heterocycles. The quantitative estimate of drug-likeness (QED) is 0.935. The van der Waals surface area contributed by atoms with E-state index in [1.165, 1.54) is 6.07 Å². The molecular formula is C14H9F3O3. The van der Waals surface area contributed by atoms with E-state index < -0.39 is 29.0 Å². The van der Waals surface area contributed by atoms with Crippen molar-refractivity contribution in [1.82, 2.24) is 0 Å². The molecule has 1 N–H and O–H groups in total. The van der Waals surface area contributed by atoms with Gasteiger partial charge in [0.2, 0.25) is 0 Å². The number of carbonyl (C=O) groups is 1. The summed E-state index contributed by atoms with van der Waals surface area (Å²) in [5, 5.41) is 8.66. The number of hydrogen-bond donors (Lipinski definition) is 1. The van der Waals surface area contributed by atoms with Gasteiger partial charge in [0.15, 0.2) is 0 Å². The molecule has 0 saturated heterocycles. The molecule has 6 heteroatoms. The van der Waals surface area contributed by atoms with Crippen LogP contribution in [0.1, 0.15) is 15.9 Å². The molecule has 0 saturated carbocycles. The van der Waals surface area contributed by atoms with Crippen LogP contribution < -0.4 is 4.74 Å². The normalized spacial score (nSPS) is 10.3. The standard InChI is InChI=1S/C14H9F3O3/c15-9-1-4-12(16)8(5-9)7-20-10-2-3-11(14(18)19)13(17)6-10/h1-6H,7H2,(H,18,19). The first-order valence-electron chi connectivity index (χ1n) is 5.57. The van der Waals surface area contributed by atoms with E-state index >= 15 is 0 Å². The lowest BCUT2D eigenvalue weighted by Crippen LogP contribution is -2.03. The Morgan fingerprint density at radius 1 is 1.05 bits per heavy atom. The highest BCUT2D eigenvalue weighted by Crippen LogP contribution is 2.19. The lowest BCUT2D eigenvalue weighted by molar-refractivity contribution is 0.0692. The summed E-state index contributed by atoms with van der Waals surface area (Å²) >= 11 is 0. The highest BCUT2D eigenvalue weighted by molar-refractivity contribution is 5.88. The van der Waals surface area contributed by atoms with E-state index in [4.69, 9.17) is 9.84 Å². The minimum absolute atomic E-state index is 0.0206. The third-order valence-electron chi connectivity index (χ3n) is 2.57. The molecule has 0 atom stereocenters. The molecule has 104 valence electrons. The fourth-order valence-corrected chi connectivity index (χ4v) is 1.57. The second-order valence-corrected chi connectivity index (χ2v) is 3.97. The Labute approximate surface area is 112 Å². The van der Waals surface area contributed by atoms with Crippen LogP contribution >= 0.6 is 0 Å². The van der Waals surface area contributed by atoms with Crippen LogP contribution in [0.2, 0.25) is 0 Å². The third-order valence-corrected chi connectivity index (χ3v) is 2.57. The Kier molecular flexibility index (Phi) is 3.93. The van der Waals surface area contributed by atoms with Crippen molar-refractivity contribution in [1.29, 1.82) is 0 Å². The zero-order valence-electron chi connectivity index (χ0n) is 10.1. The van der Waals surface area contributed by atoms with Crippen molar-refractivity contribution >= 4 is 5.97 Å². The van der Waals surface area contributed by atoms with Gasteiger partial charge in [-0.05, 0) is 30.3 Å². The van der Waals surface area contributed by atoms with Crippen molar-refractivity contribution in [3.8, 4) is 5.75 Å². The fraction of sp³-hybridized carbons (Fsp3) is 0.0714. The van der Waals surface area contributed by atoms with Gasteiger partial charge in [-0.2, -0.15) is 0 Å². The second-order valence-electron chi connectivity index (χ2n) is 3.97. The van der Waals surface area contributed by atoms with Crippen molar-refractivity contribution in [2.24, 2.45) is 0 Å². The lowest BCUT2D eigenvalue weighted by atomic mass is 10.2. The van der Waals surface area contributed by atoms with Crippen molar-refractivity contribution in [3.63, 3.8) is 0 Å². The number of rotatable bonds is 4. The van der Waals surface area contributed by atoms with E-state index in [9.17, 15) is 18.0 Å². The number of benzene rings is 2. The molecule has 2 rings (SSSR count). The molecule has 0 aliphatic carbocycles. The maximum absolute atomic E-state index is 13.4. The van der Waals surface area contributed by atoms with Gasteiger partial charge in [0.05, 0.1) is 5.56 Å². The van der Waals surface area contributed by atoms with E-state index in [1.54, 1.807) is 0 Å². The molecule has 0 fully saturated rings. The van der Waals surface area contributed by atoms with Gasteiger partial charge in [0, 0.05) is 11.6 Å². The summed E-state index contributed by atoms with van der Waals surface area (Å²) in [5.41, 5.74) is -0.512. The SMILES string of the molecule is O=C(O)c1ccc(OCc2cc(F)ccc2F)cc1F. The third kappa shape index (κ3) is 3.09. The van der Waals surface area contributed by atoms with E-state index in [0.29, 0.717) is 0 Å². The highest BCUT2D eigenvalue weighted by atomic mass is 19.1. The predicted octanol–water partition coefficient (Wildman–Crippen LogP) is 3.38. The average molecular weight is 282 g/mol. The van der Waals surface area contributed by atoms with Gasteiger partial charge >= 0.3 is 5.97 Å². The maximum atomic E-state index is 13.4. The van der Waals surface area contributed by atoms with Crippen LogP contribution in [0.15, 0.2) is 36.4 Å². The van der Waals surface area contributed by atoms with Crippen LogP contribution in [-0.4, -0.2) is 11.1 Å². The molecular weight excluding hydrogens is 273 g/mol. The topological polar surface area (TPSA) is 46.5 Å². The zero-order valence-corrected chi connectivity index (χ0v) is 10.1. The summed E-state index contributed by atoms with van der Waals surface area (Å²) < 4.78 is 44.7. The summed E-state index contributed by atoms with van der Waals surface area (Å²) in [4.78, 5) is 10.6. The van der Waals surface area contributed by atoms with Crippen LogP contribution in [0.4, 0.5) is 13.2 Å². The van der Waals surface area contributed by atoms with Gasteiger partial charge in [-0.15, -0.1) is 0 Å². The molecule has 0 bridgehead atoms. The van der Waals surface area contributed by atoms with E-state index in [0.717, 1.165) is 30.3 Å². The van der Waals surface area contributed by atoms with Crippen molar-refractivity contribution in [2.75, 3.05) is 0 Å². The zero-order chi connectivity index (χ0) is 14.7. The Balaban J connectivity index is 2.13. The molecule has 0 radical (unpaired) electrons. The highest BCUT2D eigenvalue weighted by Gasteiger charge is 2.11. The Hall–Kier alpha value is -2.50. The van der Waals surface area contributed by atoms with Gasteiger partial charge in [0.1, 0.15) is 29.8 Å². The van der Waals surface area contributed by atoms with Crippen LogP contribution in [0.25, 0.3) is 0 Å². The number of ether oxygens (including phenoxy) is 1. The lowest BCUT2D eigenvalue weighted by Gasteiger charge is -2.08. The van der Waals surface area contributed by atoms with Crippen LogP contribution in [0, 0.1) is 17.5 Å². The van der Waals surface area contributed by atoms with Crippen molar-refractivity contribution in [3.05, 3.63) is 65.0 Å². The second kappa shape index (κ2) is 5.64. The number of hydrogen-bond acceptors (Lipinski definition) is 2. The molecule has 2 aromatic rings. The minimum atomic E-state index is -1.40. The fourth-order valence-electron chi connectivity index (χ4n) is 1.57. The molecule has 20 heavy (non-hydrogen) atoms. The number of halogens is 3. The first-order chi connectivity index (χ1) is 9.47. The Morgan fingerprint density at radius 2 is 1.80 bits per heavy atom. The van der Waals surface area contributed by atoms with Crippen LogP contribution in [-0.2, 0) is 6.61 Å². The van der Waals surface area contributed by atoms with E-state index in [1.807, 2.05) is 0 Å². The largest absolute Gasteiger partial charge is 0.489 e. The van der Waals surface area contributed by atoms with Gasteiger partial charge < -0.3 is 9.84 Å². The monoisotopic (exact) mass is 282 g/mol. The summed E-state index contributed by atoms with van der Waals surface area (Å²) in [6, 6.07) is 6.05. The minimum Gasteiger partial charge on any atom is -0.489 e. The molecule has 3 nitrogen and oxygen atoms in total. The van der Waals surface area contributed by atoms with Crippen molar-refractivity contribution in [2.45, 2.75) is 6.61 Å². The first-order valence-corrected chi connectivity index (χ1v) is 5.57. The molecule has 0 amide bonds. The molecule has 2 aromatic carbocycles. The Morgan fingerprint density at radius 3 is 2.45 bits per heavy atom. The van der Waals surface area contributed by atoms with Gasteiger partial charge in [-0.25, -0.2) is 18.0 Å². The number of carboxylic acid groups (broad SMARTS) is 1. The van der Waals surface area contributed by atoms with Crippen molar-refractivity contribution < 1.29 is 27.8 Å². The van der Waals surface area contributed by atoms with Crippen LogP contribution in [0.3, 0.4) is 0 Å². The maximum Gasteiger partial charge on any atom is 0.338 e. The summed E-state index contributed by atoms with van der Waals surface area (Å²) in [7, 11) is 0. The van der Waals surface area contributed by atoms with E-state index in [2.05, 4.69) is 0 Å². The first kappa shape index (κ1) is 13.9. The molecule has 0 heterocycles. The molecule has 0 spiro atoms. The summed E-state index contributed by atoms with van der Waals surface area (Å²) in [6.07, 6.45) is 0. The van der Waals surface area contributed by atoms with E-state index in [-0.39, 0.29) is 17.9 Å². The number of aromatic carboxylic acids is 1. The molecule has 0 aliphatic heterocycles. The molecule has 0 aliphatic rings. The molecule has 0 unspecified atom stereocenters. The Bertz CT molecular complexity index is 656. The predicted molar refractivity (Wildman–Crippen MR) is 64.0 cm³/mol. The number of carboxylic acids is 1. The average Bonchev–Trinajstić information content (AvgIpc) is 2.39.